The topological polar surface area (TPSA) is 12.5 Å². The van der Waals surface area contributed by atoms with Gasteiger partial charge in [0.2, 0.25) is 0 Å². The molecule has 150 valence electrons. The first-order chi connectivity index (χ1) is 13.5. The minimum atomic E-state index is -0.580. The molecule has 0 amide bonds. The number of rotatable bonds is 11. The Morgan fingerprint density at radius 1 is 0.964 bits per heavy atom. The SMILES string of the molecule is C=CCN(CC=C)CC(COCc1c(F)cccc1F)c1c(C)cccc1C. The zero-order chi connectivity index (χ0) is 20.5. The minimum Gasteiger partial charge on any atom is -0.376 e. The highest BCUT2D eigenvalue weighted by Gasteiger charge is 2.20. The van der Waals surface area contributed by atoms with Gasteiger partial charge in [0.1, 0.15) is 11.6 Å². The van der Waals surface area contributed by atoms with E-state index in [0.717, 1.165) is 19.6 Å². The van der Waals surface area contributed by atoms with Crippen molar-refractivity contribution in [3.8, 4) is 0 Å². The molecule has 0 fully saturated rings. The van der Waals surface area contributed by atoms with Crippen LogP contribution in [0.2, 0.25) is 0 Å². The Morgan fingerprint density at radius 2 is 1.50 bits per heavy atom. The van der Waals surface area contributed by atoms with Crippen LogP contribution < -0.4 is 0 Å². The lowest BCUT2D eigenvalue weighted by molar-refractivity contribution is 0.0923. The molecule has 0 aliphatic carbocycles. The minimum absolute atomic E-state index is 0.0307. The second kappa shape index (κ2) is 10.9. The van der Waals surface area contributed by atoms with Gasteiger partial charge < -0.3 is 4.74 Å². The molecular weight excluding hydrogens is 356 g/mol. The highest BCUT2D eigenvalue weighted by atomic mass is 19.1. The zero-order valence-electron chi connectivity index (χ0n) is 16.8. The highest BCUT2D eigenvalue weighted by molar-refractivity contribution is 5.37. The predicted molar refractivity (Wildman–Crippen MR) is 112 cm³/mol. The molecule has 2 rings (SSSR count). The molecule has 0 radical (unpaired) electrons. The molecule has 28 heavy (non-hydrogen) atoms. The monoisotopic (exact) mass is 385 g/mol. The molecule has 1 unspecified atom stereocenters. The molecule has 4 heteroatoms. The Bertz CT molecular complexity index is 753. The summed E-state index contributed by atoms with van der Waals surface area (Å²) >= 11 is 0. The quantitative estimate of drug-likeness (QED) is 0.470. The average Bonchev–Trinajstić information content (AvgIpc) is 2.64. The van der Waals surface area contributed by atoms with Crippen molar-refractivity contribution in [1.29, 1.82) is 0 Å². The van der Waals surface area contributed by atoms with Crippen LogP contribution in [0.25, 0.3) is 0 Å². The second-order valence-corrected chi connectivity index (χ2v) is 7.01. The highest BCUT2D eigenvalue weighted by Crippen LogP contribution is 2.26. The van der Waals surface area contributed by atoms with E-state index < -0.39 is 11.6 Å². The van der Waals surface area contributed by atoms with E-state index in [-0.39, 0.29) is 18.1 Å². The Labute approximate surface area is 167 Å². The zero-order valence-corrected chi connectivity index (χ0v) is 16.8. The second-order valence-electron chi connectivity index (χ2n) is 7.01. The van der Waals surface area contributed by atoms with Gasteiger partial charge in [0, 0.05) is 31.1 Å². The first kappa shape index (κ1) is 22.0. The molecule has 2 aromatic carbocycles. The van der Waals surface area contributed by atoms with Crippen molar-refractivity contribution in [3.05, 3.63) is 95.6 Å². The van der Waals surface area contributed by atoms with E-state index in [4.69, 9.17) is 4.74 Å². The van der Waals surface area contributed by atoms with E-state index in [2.05, 4.69) is 44.0 Å². The van der Waals surface area contributed by atoms with Gasteiger partial charge in [0.15, 0.2) is 0 Å². The molecule has 1 atom stereocenters. The standard InChI is InChI=1S/C24H29F2NO/c1-5-13-27(14-6-2)15-20(24-18(3)9-7-10-19(24)4)16-28-17-21-22(25)11-8-12-23(21)26/h5-12,20H,1-2,13-17H2,3-4H3. The fourth-order valence-corrected chi connectivity index (χ4v) is 3.57. The summed E-state index contributed by atoms with van der Waals surface area (Å²) in [4.78, 5) is 2.23. The van der Waals surface area contributed by atoms with Crippen LogP contribution >= 0.6 is 0 Å². The summed E-state index contributed by atoms with van der Waals surface area (Å²) < 4.78 is 33.6. The van der Waals surface area contributed by atoms with E-state index >= 15 is 0 Å². The van der Waals surface area contributed by atoms with E-state index in [0.29, 0.717) is 6.61 Å². The molecule has 0 aliphatic rings. The van der Waals surface area contributed by atoms with Crippen LogP contribution in [0.5, 0.6) is 0 Å². The first-order valence-corrected chi connectivity index (χ1v) is 9.48. The van der Waals surface area contributed by atoms with Crippen molar-refractivity contribution in [3.63, 3.8) is 0 Å². The van der Waals surface area contributed by atoms with Crippen LogP contribution in [0, 0.1) is 25.5 Å². The van der Waals surface area contributed by atoms with Crippen LogP contribution in [0.3, 0.4) is 0 Å². The number of aryl methyl sites for hydroxylation is 2. The molecule has 0 aromatic heterocycles. The lowest BCUT2D eigenvalue weighted by atomic mass is 9.90. The van der Waals surface area contributed by atoms with Gasteiger partial charge in [-0.25, -0.2) is 8.78 Å². The summed E-state index contributed by atoms with van der Waals surface area (Å²) in [6.45, 7) is 14.3. The van der Waals surface area contributed by atoms with Gasteiger partial charge in [0.25, 0.3) is 0 Å². The van der Waals surface area contributed by atoms with Crippen LogP contribution in [0.4, 0.5) is 8.78 Å². The van der Waals surface area contributed by atoms with Crippen molar-refractivity contribution < 1.29 is 13.5 Å². The third kappa shape index (κ3) is 5.85. The molecule has 0 bridgehead atoms. The van der Waals surface area contributed by atoms with Crippen molar-refractivity contribution in [1.82, 2.24) is 4.90 Å². The molecule has 2 aromatic rings. The molecule has 0 spiro atoms. The van der Waals surface area contributed by atoms with Gasteiger partial charge in [-0.2, -0.15) is 0 Å². The van der Waals surface area contributed by atoms with Crippen molar-refractivity contribution in [2.75, 3.05) is 26.2 Å². The smallest absolute Gasteiger partial charge is 0.131 e. The van der Waals surface area contributed by atoms with E-state index in [1.807, 2.05) is 18.2 Å². The number of benzene rings is 2. The summed E-state index contributed by atoms with van der Waals surface area (Å²) in [6.07, 6.45) is 3.72. The maximum atomic E-state index is 13.9. The fraction of sp³-hybridized carbons (Fsp3) is 0.333. The number of hydrogen-bond donors (Lipinski definition) is 0. The molecule has 0 saturated heterocycles. The lowest BCUT2D eigenvalue weighted by Crippen LogP contribution is -2.31. The molecule has 0 heterocycles. The number of nitrogens with zero attached hydrogens (tertiary/aromatic N) is 1. The summed E-state index contributed by atoms with van der Waals surface area (Å²) in [6, 6.07) is 10.1. The van der Waals surface area contributed by atoms with Gasteiger partial charge in [-0.3, -0.25) is 4.90 Å². The van der Waals surface area contributed by atoms with Crippen LogP contribution in [0.1, 0.15) is 28.2 Å². The summed E-state index contributed by atoms with van der Waals surface area (Å²) in [5, 5.41) is 0. The molecule has 0 saturated carbocycles. The Morgan fingerprint density at radius 3 is 2.04 bits per heavy atom. The predicted octanol–water partition coefficient (Wildman–Crippen LogP) is 5.56. The van der Waals surface area contributed by atoms with Crippen molar-refractivity contribution in [2.45, 2.75) is 26.4 Å². The number of hydrogen-bond acceptors (Lipinski definition) is 2. The summed E-state index contributed by atoms with van der Waals surface area (Å²) in [5.41, 5.74) is 3.55. The average molecular weight is 385 g/mol. The lowest BCUT2D eigenvalue weighted by Gasteiger charge is -2.28. The van der Waals surface area contributed by atoms with Crippen molar-refractivity contribution >= 4 is 0 Å². The van der Waals surface area contributed by atoms with Gasteiger partial charge in [0.05, 0.1) is 13.2 Å². The number of halogens is 2. The third-order valence-electron chi connectivity index (χ3n) is 4.83. The first-order valence-electron chi connectivity index (χ1n) is 9.48. The summed E-state index contributed by atoms with van der Waals surface area (Å²) in [7, 11) is 0. The molecule has 2 nitrogen and oxygen atoms in total. The van der Waals surface area contributed by atoms with E-state index in [1.165, 1.54) is 34.9 Å². The Kier molecular flexibility index (Phi) is 8.55. The van der Waals surface area contributed by atoms with Crippen LogP contribution in [0.15, 0.2) is 61.7 Å². The molecular formula is C24H29F2NO. The van der Waals surface area contributed by atoms with Crippen LogP contribution in [-0.4, -0.2) is 31.1 Å². The Hall–Kier alpha value is -2.30. The maximum Gasteiger partial charge on any atom is 0.131 e. The van der Waals surface area contributed by atoms with Crippen molar-refractivity contribution in [2.24, 2.45) is 0 Å². The van der Waals surface area contributed by atoms with Gasteiger partial charge in [-0.05, 0) is 42.7 Å². The van der Waals surface area contributed by atoms with E-state index in [9.17, 15) is 8.78 Å². The Balaban J connectivity index is 2.20. The fourth-order valence-electron chi connectivity index (χ4n) is 3.57. The van der Waals surface area contributed by atoms with Gasteiger partial charge in [-0.15, -0.1) is 13.2 Å². The normalized spacial score (nSPS) is 12.2. The molecule has 0 aliphatic heterocycles. The summed E-state index contributed by atoms with van der Waals surface area (Å²) in [5.74, 6) is -1.09. The number of ether oxygens (including phenoxy) is 1. The maximum absolute atomic E-state index is 13.9. The third-order valence-corrected chi connectivity index (χ3v) is 4.83. The van der Waals surface area contributed by atoms with Crippen LogP contribution in [-0.2, 0) is 11.3 Å². The van der Waals surface area contributed by atoms with Gasteiger partial charge >= 0.3 is 0 Å². The van der Waals surface area contributed by atoms with E-state index in [1.54, 1.807) is 0 Å². The largest absolute Gasteiger partial charge is 0.376 e. The molecule has 0 N–H and O–H groups in total. The van der Waals surface area contributed by atoms with Gasteiger partial charge in [-0.1, -0.05) is 36.4 Å².